The molecule has 1 aromatic carbocycles. The number of hydrogen-bond donors (Lipinski definition) is 1. The molecule has 158 valence electrons. The van der Waals surface area contributed by atoms with Crippen molar-refractivity contribution in [1.82, 2.24) is 14.7 Å². The Hall–Kier alpha value is -1.34. The van der Waals surface area contributed by atoms with Crippen molar-refractivity contribution in [2.75, 3.05) is 39.3 Å². The van der Waals surface area contributed by atoms with Gasteiger partial charge < -0.3 is 15.5 Å². The van der Waals surface area contributed by atoms with Crippen molar-refractivity contribution in [3.63, 3.8) is 0 Å². The predicted molar refractivity (Wildman–Crippen MR) is 116 cm³/mol. The molecule has 0 aliphatic carbocycles. The highest BCUT2D eigenvalue weighted by Crippen LogP contribution is 2.22. The van der Waals surface area contributed by atoms with E-state index in [-0.39, 0.29) is 42.7 Å². The smallest absolute Gasteiger partial charge is 0.247 e. The summed E-state index contributed by atoms with van der Waals surface area (Å²) in [5.41, 5.74) is 6.17. The highest BCUT2D eigenvalue weighted by atomic mass is 35.5. The van der Waals surface area contributed by atoms with E-state index in [0.29, 0.717) is 26.2 Å². The number of carbonyl (C=O) groups is 2. The van der Waals surface area contributed by atoms with E-state index in [1.54, 1.807) is 6.92 Å². The molecule has 2 saturated heterocycles. The van der Waals surface area contributed by atoms with Crippen LogP contribution >= 0.6 is 24.8 Å². The highest BCUT2D eigenvalue weighted by Gasteiger charge is 2.37. The van der Waals surface area contributed by atoms with Gasteiger partial charge in [0.25, 0.3) is 0 Å². The molecule has 2 N–H and O–H groups in total. The molecule has 2 heterocycles. The Morgan fingerprint density at radius 1 is 0.929 bits per heavy atom. The lowest BCUT2D eigenvalue weighted by atomic mass is 9.91. The second kappa shape index (κ2) is 10.4. The molecule has 3 rings (SSSR count). The number of carbonyl (C=O) groups excluding carboxylic acids is 2. The van der Waals surface area contributed by atoms with Gasteiger partial charge in [0.1, 0.15) is 5.54 Å². The molecule has 0 aromatic heterocycles. The molecule has 0 bridgehead atoms. The fourth-order valence-electron chi connectivity index (χ4n) is 3.91. The van der Waals surface area contributed by atoms with Crippen LogP contribution in [0.15, 0.2) is 30.3 Å². The van der Waals surface area contributed by atoms with Gasteiger partial charge in [0.2, 0.25) is 11.8 Å². The van der Waals surface area contributed by atoms with Gasteiger partial charge in [-0.15, -0.1) is 24.8 Å². The first-order chi connectivity index (χ1) is 12.4. The van der Waals surface area contributed by atoms with Crippen LogP contribution in [0, 0.1) is 0 Å². The molecule has 2 atom stereocenters. The largest absolute Gasteiger partial charge is 0.341 e. The van der Waals surface area contributed by atoms with Gasteiger partial charge in [-0.3, -0.25) is 14.5 Å². The minimum absolute atomic E-state index is 0. The van der Waals surface area contributed by atoms with Crippen molar-refractivity contribution >= 4 is 36.6 Å². The average molecular weight is 431 g/mol. The molecule has 0 radical (unpaired) electrons. The number of nitrogens with two attached hydrogens (primary N) is 1. The van der Waals surface area contributed by atoms with Gasteiger partial charge in [0.05, 0.1) is 6.04 Å². The molecule has 1 aromatic rings. The molecular weight excluding hydrogens is 399 g/mol. The molecule has 2 unspecified atom stereocenters. The number of likely N-dealkylation sites (tertiary alicyclic amines) is 1. The van der Waals surface area contributed by atoms with Crippen LogP contribution in [0.5, 0.6) is 0 Å². The highest BCUT2D eigenvalue weighted by molar-refractivity contribution is 5.87. The minimum Gasteiger partial charge on any atom is -0.341 e. The van der Waals surface area contributed by atoms with Crippen LogP contribution in [-0.2, 0) is 15.1 Å². The van der Waals surface area contributed by atoms with Crippen molar-refractivity contribution in [2.24, 2.45) is 5.73 Å². The Kier molecular flexibility index (Phi) is 9.21. The van der Waals surface area contributed by atoms with Crippen LogP contribution < -0.4 is 5.73 Å². The third kappa shape index (κ3) is 5.17. The first-order valence-corrected chi connectivity index (χ1v) is 9.58. The van der Waals surface area contributed by atoms with Crippen LogP contribution in [0.1, 0.15) is 32.3 Å². The monoisotopic (exact) mass is 430 g/mol. The number of nitrogens with zero attached hydrogens (tertiary/aromatic N) is 3. The number of rotatable bonds is 4. The lowest BCUT2D eigenvalue weighted by Crippen LogP contribution is -2.59. The second-order valence-electron chi connectivity index (χ2n) is 7.60. The SMILES string of the molecule is CC(C(=O)N1CCCC1)N1CCN(C(=O)C(C)(N)c2ccccc2)CC1.Cl.Cl. The summed E-state index contributed by atoms with van der Waals surface area (Å²) in [7, 11) is 0. The van der Waals surface area contributed by atoms with Gasteiger partial charge in [0.15, 0.2) is 0 Å². The van der Waals surface area contributed by atoms with E-state index in [0.717, 1.165) is 31.5 Å². The van der Waals surface area contributed by atoms with E-state index in [2.05, 4.69) is 4.90 Å². The Balaban J connectivity index is 0.00000196. The van der Waals surface area contributed by atoms with Gasteiger partial charge in [-0.05, 0) is 32.3 Å². The summed E-state index contributed by atoms with van der Waals surface area (Å²) in [6.45, 7) is 8.14. The van der Waals surface area contributed by atoms with Gasteiger partial charge in [-0.1, -0.05) is 30.3 Å². The van der Waals surface area contributed by atoms with E-state index in [1.165, 1.54) is 0 Å². The molecule has 28 heavy (non-hydrogen) atoms. The molecule has 2 fully saturated rings. The van der Waals surface area contributed by atoms with Crippen LogP contribution in [-0.4, -0.2) is 71.8 Å². The zero-order valence-corrected chi connectivity index (χ0v) is 18.3. The lowest BCUT2D eigenvalue weighted by Gasteiger charge is -2.41. The average Bonchev–Trinajstić information content (AvgIpc) is 3.22. The van der Waals surface area contributed by atoms with Crippen LogP contribution in [0.25, 0.3) is 0 Å². The Labute approximate surface area is 180 Å². The van der Waals surface area contributed by atoms with Gasteiger partial charge in [0, 0.05) is 39.3 Å². The molecule has 8 heteroatoms. The van der Waals surface area contributed by atoms with Crippen LogP contribution in [0.2, 0.25) is 0 Å². The lowest BCUT2D eigenvalue weighted by molar-refractivity contribution is -0.141. The first-order valence-electron chi connectivity index (χ1n) is 9.58. The number of benzene rings is 1. The van der Waals surface area contributed by atoms with Gasteiger partial charge in [-0.2, -0.15) is 0 Å². The Bertz CT molecular complexity index is 643. The van der Waals surface area contributed by atoms with E-state index in [4.69, 9.17) is 5.73 Å². The minimum atomic E-state index is -1.03. The number of halogens is 2. The summed E-state index contributed by atoms with van der Waals surface area (Å²) in [5.74, 6) is 0.164. The summed E-state index contributed by atoms with van der Waals surface area (Å²) < 4.78 is 0. The number of hydrogen-bond acceptors (Lipinski definition) is 4. The van der Waals surface area contributed by atoms with Crippen molar-refractivity contribution in [2.45, 2.75) is 38.3 Å². The molecule has 2 aliphatic heterocycles. The van der Waals surface area contributed by atoms with Gasteiger partial charge >= 0.3 is 0 Å². The second-order valence-corrected chi connectivity index (χ2v) is 7.60. The number of piperazine rings is 1. The fraction of sp³-hybridized carbons (Fsp3) is 0.600. The maximum Gasteiger partial charge on any atom is 0.247 e. The maximum absolute atomic E-state index is 12.9. The van der Waals surface area contributed by atoms with Gasteiger partial charge in [-0.25, -0.2) is 0 Å². The van der Waals surface area contributed by atoms with Crippen molar-refractivity contribution < 1.29 is 9.59 Å². The first kappa shape index (κ1) is 24.7. The van der Waals surface area contributed by atoms with Crippen molar-refractivity contribution in [3.05, 3.63) is 35.9 Å². The standard InChI is InChI=1S/C20H30N4O2.2ClH/c1-16(18(25)23-10-6-7-11-23)22-12-14-24(15-13-22)19(26)20(2,21)17-8-4-3-5-9-17;;/h3-5,8-9,16H,6-7,10-15,21H2,1-2H3;2*1H. The van der Waals surface area contributed by atoms with Crippen LogP contribution in [0.4, 0.5) is 0 Å². The topological polar surface area (TPSA) is 69.9 Å². The third-order valence-corrected chi connectivity index (χ3v) is 5.74. The number of amides is 2. The summed E-state index contributed by atoms with van der Waals surface area (Å²) in [6, 6.07) is 9.38. The third-order valence-electron chi connectivity index (χ3n) is 5.74. The summed E-state index contributed by atoms with van der Waals surface area (Å²) >= 11 is 0. The molecule has 0 saturated carbocycles. The maximum atomic E-state index is 12.9. The molecular formula is C20H32Cl2N4O2. The van der Waals surface area contributed by atoms with Crippen molar-refractivity contribution in [3.8, 4) is 0 Å². The van der Waals surface area contributed by atoms with E-state index in [9.17, 15) is 9.59 Å². The van der Waals surface area contributed by atoms with Crippen LogP contribution in [0.3, 0.4) is 0 Å². The molecule has 2 amide bonds. The molecule has 2 aliphatic rings. The van der Waals surface area contributed by atoms with Crippen molar-refractivity contribution in [1.29, 1.82) is 0 Å². The Morgan fingerprint density at radius 3 is 2.00 bits per heavy atom. The Morgan fingerprint density at radius 2 is 1.46 bits per heavy atom. The summed E-state index contributed by atoms with van der Waals surface area (Å²) in [5, 5.41) is 0. The zero-order chi connectivity index (χ0) is 18.7. The van der Waals surface area contributed by atoms with E-state index in [1.807, 2.05) is 47.1 Å². The quantitative estimate of drug-likeness (QED) is 0.790. The zero-order valence-electron chi connectivity index (χ0n) is 16.7. The normalized spacial score (nSPS) is 20.5. The summed E-state index contributed by atoms with van der Waals surface area (Å²) in [6.07, 6.45) is 2.21. The molecule has 6 nitrogen and oxygen atoms in total. The van der Waals surface area contributed by atoms with E-state index < -0.39 is 5.54 Å². The molecule has 0 spiro atoms. The van der Waals surface area contributed by atoms with E-state index >= 15 is 0 Å². The predicted octanol–water partition coefficient (Wildman–Crippen LogP) is 1.86. The fourth-order valence-corrected chi connectivity index (χ4v) is 3.91. The summed E-state index contributed by atoms with van der Waals surface area (Å²) in [4.78, 5) is 31.5.